The Hall–Kier alpha value is -2.34. The van der Waals surface area contributed by atoms with E-state index in [-0.39, 0.29) is 5.91 Å². The lowest BCUT2D eigenvalue weighted by Gasteiger charge is -2.10. The van der Waals surface area contributed by atoms with Gasteiger partial charge in [-0.25, -0.2) is 4.79 Å². The van der Waals surface area contributed by atoms with Crippen LogP contribution in [-0.4, -0.2) is 26.1 Å². The molecule has 2 aromatic rings. The van der Waals surface area contributed by atoms with E-state index in [4.69, 9.17) is 9.47 Å². The normalized spacial score (nSPS) is 13.0. The van der Waals surface area contributed by atoms with Crippen molar-refractivity contribution in [1.82, 2.24) is 5.32 Å². The molecule has 0 saturated carbocycles. The lowest BCUT2D eigenvalue weighted by atomic mass is 9.99. The van der Waals surface area contributed by atoms with E-state index in [0.717, 1.165) is 23.3 Å². The van der Waals surface area contributed by atoms with Crippen LogP contribution in [0.25, 0.3) is 0 Å². The van der Waals surface area contributed by atoms with E-state index in [1.165, 1.54) is 37.5 Å². The van der Waals surface area contributed by atoms with Crippen LogP contribution in [0.4, 0.5) is 0 Å². The Morgan fingerprint density at radius 3 is 2.68 bits per heavy atom. The average Bonchev–Trinajstić information content (AvgIpc) is 3.09. The molecule has 1 N–H and O–H groups in total. The maximum absolute atomic E-state index is 12.4. The van der Waals surface area contributed by atoms with E-state index in [1.807, 2.05) is 12.1 Å². The zero-order valence-corrected chi connectivity index (χ0v) is 15.2. The molecule has 0 aliphatic heterocycles. The number of thiophene rings is 1. The molecule has 0 atom stereocenters. The second-order valence-electron chi connectivity index (χ2n) is 5.98. The number of carbonyl (C=O) groups excluding carboxylic acids is 2. The number of amides is 1. The molecule has 0 spiro atoms. The minimum absolute atomic E-state index is 0.0742. The molecule has 0 saturated heterocycles. The number of hydrogen-bond acceptors (Lipinski definition) is 5. The van der Waals surface area contributed by atoms with Crippen molar-refractivity contribution in [2.45, 2.75) is 32.2 Å². The van der Waals surface area contributed by atoms with Crippen LogP contribution in [0.5, 0.6) is 5.75 Å². The standard InChI is InChI=1S/C19H21NO4S/c1-23-15-8-7-12(9-14(15)19(22)24-2)11-20-18(21)17-10-13-5-3-4-6-16(13)25-17/h7-10H,3-6,11H2,1-2H3,(H,20,21). The predicted octanol–water partition coefficient (Wildman–Crippen LogP) is 3.35. The first kappa shape index (κ1) is 17.5. The van der Waals surface area contributed by atoms with Crippen LogP contribution in [0.2, 0.25) is 0 Å². The lowest BCUT2D eigenvalue weighted by molar-refractivity contribution is 0.0597. The molecule has 1 aromatic heterocycles. The largest absolute Gasteiger partial charge is 0.496 e. The SMILES string of the molecule is COC(=O)c1cc(CNC(=O)c2cc3c(s2)CCCC3)ccc1OC. The molecule has 1 aromatic carbocycles. The topological polar surface area (TPSA) is 64.6 Å². The van der Waals surface area contributed by atoms with Crippen LogP contribution in [0.1, 0.15) is 48.9 Å². The van der Waals surface area contributed by atoms with Gasteiger partial charge in [-0.2, -0.15) is 0 Å². The number of carbonyl (C=O) groups is 2. The van der Waals surface area contributed by atoms with Gasteiger partial charge in [-0.15, -0.1) is 11.3 Å². The summed E-state index contributed by atoms with van der Waals surface area (Å²) in [5.74, 6) is -0.0846. The van der Waals surface area contributed by atoms with Gasteiger partial charge in [-0.05, 0) is 55.0 Å². The summed E-state index contributed by atoms with van der Waals surface area (Å²) in [6.45, 7) is 0.343. The van der Waals surface area contributed by atoms with Crippen molar-refractivity contribution >= 4 is 23.2 Å². The first-order chi connectivity index (χ1) is 12.1. The highest BCUT2D eigenvalue weighted by atomic mass is 32.1. The Labute approximate surface area is 151 Å². The molecule has 1 aliphatic carbocycles. The predicted molar refractivity (Wildman–Crippen MR) is 96.5 cm³/mol. The zero-order valence-electron chi connectivity index (χ0n) is 14.4. The molecule has 1 aliphatic rings. The summed E-state index contributed by atoms with van der Waals surface area (Å²) in [5.41, 5.74) is 2.48. The monoisotopic (exact) mass is 359 g/mol. The van der Waals surface area contributed by atoms with E-state index in [9.17, 15) is 9.59 Å². The molecule has 25 heavy (non-hydrogen) atoms. The van der Waals surface area contributed by atoms with Gasteiger partial charge in [0.15, 0.2) is 0 Å². The Morgan fingerprint density at radius 2 is 1.96 bits per heavy atom. The van der Waals surface area contributed by atoms with Crippen LogP contribution in [-0.2, 0) is 24.1 Å². The van der Waals surface area contributed by atoms with Crippen molar-refractivity contribution in [3.05, 3.63) is 50.7 Å². The van der Waals surface area contributed by atoms with Crippen molar-refractivity contribution in [2.24, 2.45) is 0 Å². The van der Waals surface area contributed by atoms with Crippen LogP contribution < -0.4 is 10.1 Å². The third-order valence-corrected chi connectivity index (χ3v) is 5.58. The van der Waals surface area contributed by atoms with E-state index >= 15 is 0 Å². The van der Waals surface area contributed by atoms with E-state index < -0.39 is 5.97 Å². The lowest BCUT2D eigenvalue weighted by Crippen LogP contribution is -2.22. The van der Waals surface area contributed by atoms with Crippen LogP contribution in [0.15, 0.2) is 24.3 Å². The number of hydrogen-bond donors (Lipinski definition) is 1. The highest BCUT2D eigenvalue weighted by Gasteiger charge is 2.18. The third-order valence-electron chi connectivity index (χ3n) is 4.34. The molecule has 0 bridgehead atoms. The molecule has 0 unspecified atom stereocenters. The van der Waals surface area contributed by atoms with E-state index in [0.29, 0.717) is 17.9 Å². The van der Waals surface area contributed by atoms with Crippen molar-refractivity contribution in [3.63, 3.8) is 0 Å². The molecule has 0 fully saturated rings. The first-order valence-electron chi connectivity index (χ1n) is 8.27. The van der Waals surface area contributed by atoms with Gasteiger partial charge in [0.25, 0.3) is 5.91 Å². The van der Waals surface area contributed by atoms with Gasteiger partial charge in [0, 0.05) is 11.4 Å². The minimum Gasteiger partial charge on any atom is -0.496 e. The summed E-state index contributed by atoms with van der Waals surface area (Å²) in [7, 11) is 2.83. The molecule has 3 rings (SSSR count). The van der Waals surface area contributed by atoms with Crippen molar-refractivity contribution in [1.29, 1.82) is 0 Å². The summed E-state index contributed by atoms with van der Waals surface area (Å²) in [5, 5.41) is 2.92. The second-order valence-corrected chi connectivity index (χ2v) is 7.11. The molecule has 1 heterocycles. The van der Waals surface area contributed by atoms with Gasteiger partial charge in [0.05, 0.1) is 19.1 Å². The number of nitrogens with one attached hydrogen (secondary N) is 1. The Morgan fingerprint density at radius 1 is 1.16 bits per heavy atom. The number of aryl methyl sites for hydroxylation is 2. The van der Waals surface area contributed by atoms with Crippen molar-refractivity contribution < 1.29 is 19.1 Å². The molecule has 1 amide bonds. The zero-order chi connectivity index (χ0) is 17.8. The quantitative estimate of drug-likeness (QED) is 0.832. The molecular formula is C19H21NO4S. The Bertz CT molecular complexity index is 773. The number of benzene rings is 1. The maximum atomic E-state index is 12.4. The fraction of sp³-hybridized carbons (Fsp3) is 0.368. The highest BCUT2D eigenvalue weighted by Crippen LogP contribution is 2.29. The van der Waals surface area contributed by atoms with Gasteiger partial charge in [-0.3, -0.25) is 4.79 Å². The molecule has 0 radical (unpaired) electrons. The van der Waals surface area contributed by atoms with E-state index in [1.54, 1.807) is 23.5 Å². The Balaban J connectivity index is 1.69. The van der Waals surface area contributed by atoms with Gasteiger partial charge in [0.1, 0.15) is 11.3 Å². The molecule has 132 valence electrons. The molecule has 6 heteroatoms. The fourth-order valence-electron chi connectivity index (χ4n) is 3.01. The van der Waals surface area contributed by atoms with Crippen LogP contribution >= 0.6 is 11.3 Å². The number of ether oxygens (including phenoxy) is 2. The number of methoxy groups -OCH3 is 2. The number of rotatable bonds is 5. The summed E-state index contributed by atoms with van der Waals surface area (Å²) in [6, 6.07) is 7.23. The molecular weight excluding hydrogens is 338 g/mol. The maximum Gasteiger partial charge on any atom is 0.341 e. The first-order valence-corrected chi connectivity index (χ1v) is 9.09. The second kappa shape index (κ2) is 7.70. The van der Waals surface area contributed by atoms with Gasteiger partial charge in [0.2, 0.25) is 0 Å². The van der Waals surface area contributed by atoms with Crippen molar-refractivity contribution in [2.75, 3.05) is 14.2 Å². The number of esters is 1. The highest BCUT2D eigenvalue weighted by molar-refractivity contribution is 7.14. The van der Waals surface area contributed by atoms with Crippen molar-refractivity contribution in [3.8, 4) is 5.75 Å². The smallest absolute Gasteiger partial charge is 0.341 e. The van der Waals surface area contributed by atoms with Gasteiger partial charge >= 0.3 is 5.97 Å². The Kier molecular flexibility index (Phi) is 5.38. The fourth-order valence-corrected chi connectivity index (χ4v) is 4.18. The van der Waals surface area contributed by atoms with E-state index in [2.05, 4.69) is 5.32 Å². The molecule has 5 nitrogen and oxygen atoms in total. The van der Waals surface area contributed by atoms with Crippen LogP contribution in [0, 0.1) is 0 Å². The summed E-state index contributed by atoms with van der Waals surface area (Å²) >= 11 is 1.59. The summed E-state index contributed by atoms with van der Waals surface area (Å²) in [4.78, 5) is 26.3. The average molecular weight is 359 g/mol. The number of fused-ring (bicyclic) bond motifs is 1. The summed E-state index contributed by atoms with van der Waals surface area (Å²) < 4.78 is 9.95. The van der Waals surface area contributed by atoms with Gasteiger partial charge < -0.3 is 14.8 Å². The van der Waals surface area contributed by atoms with Crippen LogP contribution in [0.3, 0.4) is 0 Å². The summed E-state index contributed by atoms with van der Waals surface area (Å²) in [6.07, 6.45) is 4.55. The third kappa shape index (κ3) is 3.85. The minimum atomic E-state index is -0.462. The van der Waals surface area contributed by atoms with Gasteiger partial charge in [-0.1, -0.05) is 6.07 Å².